The summed E-state index contributed by atoms with van der Waals surface area (Å²) in [6.45, 7) is 2.33. The van der Waals surface area contributed by atoms with Crippen LogP contribution in [0.25, 0.3) is 33.0 Å². The van der Waals surface area contributed by atoms with Crippen LogP contribution in [-0.2, 0) is 11.8 Å². The predicted molar refractivity (Wildman–Crippen MR) is 188 cm³/mol. The molecule has 0 saturated heterocycles. The van der Waals surface area contributed by atoms with Gasteiger partial charge in [-0.05, 0) is 103 Å². The zero-order valence-electron chi connectivity index (χ0n) is 25.5. The molecule has 9 rings (SSSR count). The summed E-state index contributed by atoms with van der Waals surface area (Å²) in [4.78, 5) is 0. The topological polar surface area (TPSA) is 0 Å². The first kappa shape index (κ1) is 26.2. The molecule has 1 spiro atoms. The smallest absolute Gasteiger partial charge is 0.0645 e. The van der Waals surface area contributed by atoms with Crippen molar-refractivity contribution in [2.24, 2.45) is 0 Å². The van der Waals surface area contributed by atoms with Crippen LogP contribution in [0, 0.1) is 0 Å². The fourth-order valence-corrected chi connectivity index (χ4v) is 8.49. The van der Waals surface area contributed by atoms with Crippen LogP contribution in [0.4, 0.5) is 0 Å². The minimum Gasteiger partial charge on any atom is -0.0645 e. The highest BCUT2D eigenvalue weighted by Crippen LogP contribution is 2.61. The molecule has 7 aromatic carbocycles. The van der Waals surface area contributed by atoms with Gasteiger partial charge in [-0.15, -0.1) is 0 Å². The molecule has 0 aliphatic heterocycles. The van der Waals surface area contributed by atoms with E-state index in [0.717, 1.165) is 12.8 Å². The molecule has 0 N–H and O–H groups in total. The van der Waals surface area contributed by atoms with Gasteiger partial charge in [0.25, 0.3) is 0 Å². The van der Waals surface area contributed by atoms with Gasteiger partial charge in [0.15, 0.2) is 0 Å². The monoisotopic (exact) mass is 574 g/mol. The summed E-state index contributed by atoms with van der Waals surface area (Å²) in [5.41, 5.74) is 16.2. The van der Waals surface area contributed by atoms with E-state index in [1.54, 1.807) is 0 Å². The van der Waals surface area contributed by atoms with Gasteiger partial charge in [-0.3, -0.25) is 0 Å². The van der Waals surface area contributed by atoms with Gasteiger partial charge < -0.3 is 0 Å². The average Bonchev–Trinajstić information content (AvgIpc) is 3.39. The quantitative estimate of drug-likeness (QED) is 0.196. The van der Waals surface area contributed by atoms with Crippen molar-refractivity contribution >= 4 is 10.8 Å². The van der Waals surface area contributed by atoms with E-state index in [9.17, 15) is 0 Å². The van der Waals surface area contributed by atoms with Gasteiger partial charge in [0.05, 0.1) is 5.41 Å². The lowest BCUT2D eigenvalue weighted by Crippen LogP contribution is -2.35. The Bertz CT molecular complexity index is 2190. The van der Waals surface area contributed by atoms with Gasteiger partial charge in [0.1, 0.15) is 0 Å². The molecule has 0 amide bonds. The minimum absolute atomic E-state index is 0.343. The molecule has 2 aliphatic rings. The van der Waals surface area contributed by atoms with E-state index in [2.05, 4.69) is 165 Å². The molecular formula is C45H34. The second-order valence-corrected chi connectivity index (χ2v) is 12.7. The molecule has 0 heterocycles. The number of fused-ring (bicyclic) bond motifs is 10. The third-order valence-corrected chi connectivity index (χ3v) is 10.4. The molecule has 0 radical (unpaired) electrons. The standard InChI is InChI=1S/C45H34/c1-2-36-37-14-6-9-17-41(37)45(42-18-10-7-15-38(36)42)43-19-11-8-16-39(43)40-25-24-35(29-44(40)45)34-23-22-32-27-31(20-21-33(32)28-34)26-30-12-4-3-5-13-30/h3-25,27-29,36H,2,26H2,1H3. The van der Waals surface area contributed by atoms with E-state index >= 15 is 0 Å². The van der Waals surface area contributed by atoms with Crippen LogP contribution >= 0.6 is 0 Å². The molecule has 0 saturated carbocycles. The van der Waals surface area contributed by atoms with Crippen LogP contribution in [0.5, 0.6) is 0 Å². The zero-order valence-corrected chi connectivity index (χ0v) is 25.5. The Kier molecular flexibility index (Phi) is 5.93. The largest absolute Gasteiger partial charge is 0.0719 e. The van der Waals surface area contributed by atoms with Crippen LogP contribution < -0.4 is 0 Å². The number of benzene rings is 7. The summed E-state index contributed by atoms with van der Waals surface area (Å²) in [5.74, 6) is 0.398. The van der Waals surface area contributed by atoms with Crippen molar-refractivity contribution in [3.63, 3.8) is 0 Å². The first-order valence-corrected chi connectivity index (χ1v) is 16.3. The Morgan fingerprint density at radius 3 is 1.78 bits per heavy atom. The highest BCUT2D eigenvalue weighted by Gasteiger charge is 2.51. The Balaban J connectivity index is 1.23. The third kappa shape index (κ3) is 3.85. The molecule has 7 aromatic rings. The molecule has 0 aromatic heterocycles. The minimum atomic E-state index is -0.343. The van der Waals surface area contributed by atoms with Crippen molar-refractivity contribution in [1.82, 2.24) is 0 Å². The molecule has 0 nitrogen and oxygen atoms in total. The Morgan fingerprint density at radius 2 is 1.02 bits per heavy atom. The second-order valence-electron chi connectivity index (χ2n) is 12.7. The van der Waals surface area contributed by atoms with Crippen LogP contribution in [0.3, 0.4) is 0 Å². The van der Waals surface area contributed by atoms with Gasteiger partial charge in [0, 0.05) is 5.92 Å². The average molecular weight is 575 g/mol. The van der Waals surface area contributed by atoms with Gasteiger partial charge >= 0.3 is 0 Å². The van der Waals surface area contributed by atoms with Crippen molar-refractivity contribution in [2.75, 3.05) is 0 Å². The number of hydrogen-bond donors (Lipinski definition) is 0. The second kappa shape index (κ2) is 10.2. The first-order chi connectivity index (χ1) is 22.3. The molecule has 0 unspecified atom stereocenters. The normalized spacial score (nSPS) is 17.5. The Labute approximate surface area is 265 Å². The lowest BCUT2D eigenvalue weighted by atomic mass is 9.59. The molecule has 45 heavy (non-hydrogen) atoms. The molecule has 0 heteroatoms. The summed E-state index contributed by atoms with van der Waals surface area (Å²) in [6.07, 6.45) is 2.04. The lowest BCUT2D eigenvalue weighted by molar-refractivity contribution is 0.649. The van der Waals surface area contributed by atoms with E-state index in [1.807, 2.05) is 0 Å². The molecule has 2 aliphatic carbocycles. The number of rotatable bonds is 4. The van der Waals surface area contributed by atoms with Crippen LogP contribution in [0.15, 0.2) is 158 Å². The maximum absolute atomic E-state index is 2.50. The van der Waals surface area contributed by atoms with Crippen molar-refractivity contribution < 1.29 is 0 Å². The first-order valence-electron chi connectivity index (χ1n) is 16.3. The van der Waals surface area contributed by atoms with E-state index in [-0.39, 0.29) is 5.41 Å². The van der Waals surface area contributed by atoms with Crippen molar-refractivity contribution in [3.05, 3.63) is 202 Å². The van der Waals surface area contributed by atoms with Crippen LogP contribution in [0.2, 0.25) is 0 Å². The summed E-state index contributed by atoms with van der Waals surface area (Å²) < 4.78 is 0. The van der Waals surface area contributed by atoms with E-state index in [1.165, 1.54) is 77.5 Å². The van der Waals surface area contributed by atoms with Gasteiger partial charge in [-0.1, -0.05) is 153 Å². The molecule has 0 atom stereocenters. The van der Waals surface area contributed by atoms with Gasteiger partial charge in [0.2, 0.25) is 0 Å². The molecular weight excluding hydrogens is 540 g/mol. The van der Waals surface area contributed by atoms with Gasteiger partial charge in [-0.25, -0.2) is 0 Å². The predicted octanol–water partition coefficient (Wildman–Crippen LogP) is 11.3. The van der Waals surface area contributed by atoms with Gasteiger partial charge in [-0.2, -0.15) is 0 Å². The Morgan fingerprint density at radius 1 is 0.444 bits per heavy atom. The van der Waals surface area contributed by atoms with Crippen molar-refractivity contribution in [2.45, 2.75) is 31.1 Å². The van der Waals surface area contributed by atoms with Crippen LogP contribution in [0.1, 0.15) is 63.8 Å². The fourth-order valence-electron chi connectivity index (χ4n) is 8.49. The van der Waals surface area contributed by atoms with E-state index < -0.39 is 0 Å². The summed E-state index contributed by atoms with van der Waals surface area (Å²) in [7, 11) is 0. The SMILES string of the molecule is CCC1c2ccccc2C2(c3ccccc3-c3ccc(-c4ccc5cc(Cc6ccccc6)ccc5c4)cc32)c2ccccc21. The highest BCUT2D eigenvalue weighted by atomic mass is 14.5. The highest BCUT2D eigenvalue weighted by molar-refractivity contribution is 5.92. The maximum atomic E-state index is 2.50. The lowest BCUT2D eigenvalue weighted by Gasteiger charge is -2.43. The van der Waals surface area contributed by atoms with Crippen molar-refractivity contribution in [1.29, 1.82) is 0 Å². The third-order valence-electron chi connectivity index (χ3n) is 10.4. The van der Waals surface area contributed by atoms with Crippen molar-refractivity contribution in [3.8, 4) is 22.3 Å². The fraction of sp³-hybridized carbons (Fsp3) is 0.111. The maximum Gasteiger partial charge on any atom is 0.0719 e. The molecule has 0 bridgehead atoms. The van der Waals surface area contributed by atoms with E-state index in [4.69, 9.17) is 0 Å². The summed E-state index contributed by atoms with van der Waals surface area (Å²) >= 11 is 0. The molecule has 214 valence electrons. The summed E-state index contributed by atoms with van der Waals surface area (Å²) in [5, 5.41) is 2.57. The van der Waals surface area contributed by atoms with E-state index in [0.29, 0.717) is 5.92 Å². The molecule has 0 fully saturated rings. The summed E-state index contributed by atoms with van der Waals surface area (Å²) in [6, 6.07) is 59.4. The number of hydrogen-bond acceptors (Lipinski definition) is 0. The Hall–Kier alpha value is -5.20. The zero-order chi connectivity index (χ0) is 30.0. The van der Waals surface area contributed by atoms with Crippen LogP contribution in [-0.4, -0.2) is 0 Å².